The molecule has 1 unspecified atom stereocenters. The molecule has 0 amide bonds. The highest BCUT2D eigenvalue weighted by molar-refractivity contribution is 5.72. The van der Waals surface area contributed by atoms with Gasteiger partial charge in [0, 0.05) is 13.1 Å². The zero-order valence-electron chi connectivity index (χ0n) is 7.25. The average molecular weight is 175 g/mol. The van der Waals surface area contributed by atoms with Crippen molar-refractivity contribution in [3.8, 4) is 0 Å². The van der Waals surface area contributed by atoms with E-state index in [0.717, 1.165) is 13.0 Å². The number of carbonyl (C=O) groups is 1. The summed E-state index contributed by atoms with van der Waals surface area (Å²) in [6.07, 6.45) is 0.798. The summed E-state index contributed by atoms with van der Waals surface area (Å²) in [6.45, 7) is 1.56. The Morgan fingerprint density at radius 1 is 1.75 bits per heavy atom. The van der Waals surface area contributed by atoms with Gasteiger partial charge in [0.15, 0.2) is 0 Å². The second kappa shape index (κ2) is 4.40. The summed E-state index contributed by atoms with van der Waals surface area (Å²) in [5.74, 6) is -0.210. The number of nitrogens with zero attached hydrogens (tertiary/aromatic N) is 1. The standard InChI is InChI=1S/C8H14FNO2/c1-12-8(11)7-2-4-10(6-7)5-3-9/h7H,2-6H2,1H3. The molecule has 0 aromatic carbocycles. The summed E-state index contributed by atoms with van der Waals surface area (Å²) in [6, 6.07) is 0. The Kier molecular flexibility index (Phi) is 3.47. The van der Waals surface area contributed by atoms with Gasteiger partial charge in [0.1, 0.15) is 6.67 Å². The second-order valence-corrected chi connectivity index (χ2v) is 3.00. The average Bonchev–Trinajstić information content (AvgIpc) is 2.52. The van der Waals surface area contributed by atoms with E-state index in [1.165, 1.54) is 7.11 Å². The molecule has 1 aliphatic heterocycles. The Morgan fingerprint density at radius 3 is 3.08 bits per heavy atom. The molecule has 0 bridgehead atoms. The first-order valence-corrected chi connectivity index (χ1v) is 4.14. The molecule has 4 heteroatoms. The number of ether oxygens (including phenoxy) is 1. The first-order valence-electron chi connectivity index (χ1n) is 4.14. The molecule has 0 aromatic heterocycles. The van der Waals surface area contributed by atoms with Gasteiger partial charge in [-0.25, -0.2) is 4.39 Å². The topological polar surface area (TPSA) is 29.5 Å². The van der Waals surface area contributed by atoms with Gasteiger partial charge in [-0.1, -0.05) is 0 Å². The van der Waals surface area contributed by atoms with Gasteiger partial charge in [-0.05, 0) is 13.0 Å². The zero-order chi connectivity index (χ0) is 8.97. The summed E-state index contributed by atoms with van der Waals surface area (Å²) >= 11 is 0. The Labute approximate surface area is 71.5 Å². The lowest BCUT2D eigenvalue weighted by Crippen LogP contribution is -2.25. The first-order chi connectivity index (χ1) is 5.77. The summed E-state index contributed by atoms with van der Waals surface area (Å²) in [5, 5.41) is 0. The van der Waals surface area contributed by atoms with Crippen LogP contribution in [0.25, 0.3) is 0 Å². The third-order valence-electron chi connectivity index (χ3n) is 2.21. The fourth-order valence-corrected chi connectivity index (χ4v) is 1.51. The molecule has 3 nitrogen and oxygen atoms in total. The van der Waals surface area contributed by atoms with E-state index in [1.54, 1.807) is 0 Å². The largest absolute Gasteiger partial charge is 0.469 e. The lowest BCUT2D eigenvalue weighted by Gasteiger charge is -2.12. The SMILES string of the molecule is COC(=O)C1CCN(CCF)C1. The van der Waals surface area contributed by atoms with Crippen LogP contribution in [0.3, 0.4) is 0 Å². The Bertz CT molecular complexity index is 163. The Morgan fingerprint density at radius 2 is 2.50 bits per heavy atom. The molecule has 0 spiro atoms. The lowest BCUT2D eigenvalue weighted by atomic mass is 10.1. The van der Waals surface area contributed by atoms with Crippen molar-refractivity contribution in [3.63, 3.8) is 0 Å². The fraction of sp³-hybridized carbons (Fsp3) is 0.875. The fourth-order valence-electron chi connectivity index (χ4n) is 1.51. The van der Waals surface area contributed by atoms with Crippen molar-refractivity contribution in [1.82, 2.24) is 4.90 Å². The van der Waals surface area contributed by atoms with Crippen LogP contribution in [0.5, 0.6) is 0 Å². The highest BCUT2D eigenvalue weighted by atomic mass is 19.1. The van der Waals surface area contributed by atoms with Crippen LogP contribution in [0.1, 0.15) is 6.42 Å². The van der Waals surface area contributed by atoms with Crippen molar-refractivity contribution in [3.05, 3.63) is 0 Å². The smallest absolute Gasteiger partial charge is 0.310 e. The number of methoxy groups -OCH3 is 1. The number of carbonyl (C=O) groups excluding carboxylic acids is 1. The molecule has 1 atom stereocenters. The van der Waals surface area contributed by atoms with Crippen LogP contribution in [0.2, 0.25) is 0 Å². The van der Waals surface area contributed by atoms with Crippen molar-refractivity contribution in [2.75, 3.05) is 33.4 Å². The molecule has 0 saturated carbocycles. The summed E-state index contributed by atoms with van der Waals surface area (Å²) in [5.41, 5.74) is 0. The normalized spacial score (nSPS) is 24.3. The molecule has 1 aliphatic rings. The molecule has 70 valence electrons. The van der Waals surface area contributed by atoms with Gasteiger partial charge >= 0.3 is 5.97 Å². The molecule has 0 radical (unpaired) electrons. The molecule has 1 rings (SSSR count). The second-order valence-electron chi connectivity index (χ2n) is 3.00. The van der Waals surface area contributed by atoms with Crippen molar-refractivity contribution < 1.29 is 13.9 Å². The number of alkyl halides is 1. The van der Waals surface area contributed by atoms with Crippen LogP contribution >= 0.6 is 0 Å². The van der Waals surface area contributed by atoms with Gasteiger partial charge in [-0.3, -0.25) is 9.69 Å². The van der Waals surface area contributed by atoms with E-state index in [2.05, 4.69) is 4.74 Å². The summed E-state index contributed by atoms with van der Waals surface area (Å²) in [7, 11) is 1.39. The molecular formula is C8H14FNO2. The highest BCUT2D eigenvalue weighted by Gasteiger charge is 2.28. The van der Waals surface area contributed by atoms with Gasteiger partial charge in [0.2, 0.25) is 0 Å². The monoisotopic (exact) mass is 175 g/mol. The molecule has 1 heterocycles. The van der Waals surface area contributed by atoms with E-state index < -0.39 is 0 Å². The number of rotatable bonds is 3. The number of halogens is 1. The number of likely N-dealkylation sites (tertiary alicyclic amines) is 1. The molecule has 0 aromatic rings. The maximum absolute atomic E-state index is 11.9. The molecular weight excluding hydrogens is 161 g/mol. The van der Waals surface area contributed by atoms with E-state index in [9.17, 15) is 9.18 Å². The quantitative estimate of drug-likeness (QED) is 0.583. The molecule has 1 fully saturated rings. The number of hydrogen-bond donors (Lipinski definition) is 0. The minimum atomic E-state index is -0.339. The van der Waals surface area contributed by atoms with E-state index in [-0.39, 0.29) is 18.6 Å². The van der Waals surface area contributed by atoms with Crippen LogP contribution in [-0.4, -0.2) is 44.3 Å². The van der Waals surface area contributed by atoms with Crippen molar-refractivity contribution >= 4 is 5.97 Å². The Hall–Kier alpha value is -0.640. The minimum Gasteiger partial charge on any atom is -0.469 e. The van der Waals surface area contributed by atoms with Crippen molar-refractivity contribution in [1.29, 1.82) is 0 Å². The van der Waals surface area contributed by atoms with E-state index in [4.69, 9.17) is 0 Å². The van der Waals surface area contributed by atoms with E-state index >= 15 is 0 Å². The van der Waals surface area contributed by atoms with Gasteiger partial charge < -0.3 is 4.74 Å². The molecule has 0 aliphatic carbocycles. The third-order valence-corrected chi connectivity index (χ3v) is 2.21. The maximum Gasteiger partial charge on any atom is 0.310 e. The van der Waals surface area contributed by atoms with Crippen LogP contribution in [0, 0.1) is 5.92 Å². The van der Waals surface area contributed by atoms with Crippen LogP contribution in [0.15, 0.2) is 0 Å². The van der Waals surface area contributed by atoms with E-state index in [0.29, 0.717) is 13.1 Å². The third kappa shape index (κ3) is 2.17. The predicted molar refractivity (Wildman–Crippen MR) is 42.5 cm³/mol. The van der Waals surface area contributed by atoms with Gasteiger partial charge in [0.25, 0.3) is 0 Å². The zero-order valence-corrected chi connectivity index (χ0v) is 7.25. The number of hydrogen-bond acceptors (Lipinski definition) is 3. The molecule has 0 N–H and O–H groups in total. The van der Waals surface area contributed by atoms with Crippen LogP contribution in [-0.2, 0) is 9.53 Å². The number of esters is 1. The van der Waals surface area contributed by atoms with Gasteiger partial charge in [-0.2, -0.15) is 0 Å². The van der Waals surface area contributed by atoms with Crippen molar-refractivity contribution in [2.24, 2.45) is 5.92 Å². The van der Waals surface area contributed by atoms with Gasteiger partial charge in [0.05, 0.1) is 13.0 Å². The highest BCUT2D eigenvalue weighted by Crippen LogP contribution is 2.16. The van der Waals surface area contributed by atoms with E-state index in [1.807, 2.05) is 4.90 Å². The minimum absolute atomic E-state index is 0.0402. The molecule has 12 heavy (non-hydrogen) atoms. The summed E-state index contributed by atoms with van der Waals surface area (Å²) in [4.78, 5) is 13.0. The first kappa shape index (κ1) is 9.45. The molecule has 1 saturated heterocycles. The van der Waals surface area contributed by atoms with Crippen molar-refractivity contribution in [2.45, 2.75) is 6.42 Å². The summed E-state index contributed by atoms with van der Waals surface area (Å²) < 4.78 is 16.5. The lowest BCUT2D eigenvalue weighted by molar-refractivity contribution is -0.144. The predicted octanol–water partition coefficient (Wildman–Crippen LogP) is 0.451. The van der Waals surface area contributed by atoms with Crippen LogP contribution < -0.4 is 0 Å². The van der Waals surface area contributed by atoms with Gasteiger partial charge in [-0.15, -0.1) is 0 Å². The maximum atomic E-state index is 11.9. The van der Waals surface area contributed by atoms with Crippen LogP contribution in [0.4, 0.5) is 4.39 Å². The Balaban J connectivity index is 2.30.